The molecule has 3 rings (SSSR count). The number of aliphatic carboxylic acids is 1. The van der Waals surface area contributed by atoms with Gasteiger partial charge in [-0.1, -0.05) is 6.07 Å². The predicted molar refractivity (Wildman–Crippen MR) is 123 cm³/mol. The minimum absolute atomic E-state index is 0.151. The third-order valence-corrected chi connectivity index (χ3v) is 4.85. The third kappa shape index (κ3) is 7.04. The lowest BCUT2D eigenvalue weighted by atomic mass is 10.2. The number of H-pyrrole nitrogens is 1. The van der Waals surface area contributed by atoms with Gasteiger partial charge >= 0.3 is 5.97 Å². The summed E-state index contributed by atoms with van der Waals surface area (Å²) in [5, 5.41) is 18.3. The van der Waals surface area contributed by atoms with Crippen LogP contribution in [0.1, 0.15) is 23.3 Å². The van der Waals surface area contributed by atoms with Gasteiger partial charge in [0.25, 0.3) is 5.91 Å². The Morgan fingerprint density at radius 2 is 2.03 bits per heavy atom. The van der Waals surface area contributed by atoms with Gasteiger partial charge in [0.05, 0.1) is 24.2 Å². The summed E-state index contributed by atoms with van der Waals surface area (Å²) >= 11 is 0. The molecule has 0 unspecified atom stereocenters. The first-order valence-electron chi connectivity index (χ1n) is 10.5. The van der Waals surface area contributed by atoms with Gasteiger partial charge in [-0.25, -0.2) is 4.98 Å². The number of carbonyl (C=O) groups is 2. The highest BCUT2D eigenvalue weighted by atomic mass is 16.5. The average Bonchev–Trinajstić information content (AvgIpc) is 3.35. The molecule has 2 aromatic heterocycles. The largest absolute Gasteiger partial charge is 0.494 e. The van der Waals surface area contributed by atoms with Crippen molar-refractivity contribution in [1.29, 1.82) is 0 Å². The van der Waals surface area contributed by atoms with Crippen LogP contribution in [0.2, 0.25) is 0 Å². The van der Waals surface area contributed by atoms with Crippen molar-refractivity contribution in [3.05, 3.63) is 54.4 Å². The van der Waals surface area contributed by atoms with E-state index in [9.17, 15) is 9.59 Å². The quantitative estimate of drug-likeness (QED) is 0.382. The Balaban J connectivity index is 1.57. The van der Waals surface area contributed by atoms with Crippen LogP contribution in [0.3, 0.4) is 0 Å². The minimum atomic E-state index is -0.791. The van der Waals surface area contributed by atoms with Gasteiger partial charge in [-0.3, -0.25) is 14.7 Å². The second-order valence-electron chi connectivity index (χ2n) is 7.34. The highest BCUT2D eigenvalue weighted by Crippen LogP contribution is 2.29. The topological polar surface area (TPSA) is 130 Å². The molecule has 1 aromatic carbocycles. The van der Waals surface area contributed by atoms with Crippen LogP contribution in [0.15, 0.2) is 48.7 Å². The summed E-state index contributed by atoms with van der Waals surface area (Å²) in [6.45, 7) is 1.76. The number of ether oxygens (including phenoxy) is 2. The van der Waals surface area contributed by atoms with E-state index in [1.165, 1.54) is 7.11 Å². The van der Waals surface area contributed by atoms with E-state index in [1.807, 2.05) is 11.9 Å². The van der Waals surface area contributed by atoms with Crippen molar-refractivity contribution in [3.63, 3.8) is 0 Å². The number of rotatable bonds is 12. The fourth-order valence-electron chi connectivity index (χ4n) is 3.09. The smallest absolute Gasteiger partial charge is 0.303 e. The fourth-order valence-corrected chi connectivity index (χ4v) is 3.09. The molecule has 0 aliphatic carbocycles. The molecule has 0 saturated carbocycles. The van der Waals surface area contributed by atoms with Crippen LogP contribution >= 0.6 is 0 Å². The normalized spacial score (nSPS) is 10.8. The molecule has 0 aliphatic rings. The van der Waals surface area contributed by atoms with E-state index in [-0.39, 0.29) is 18.0 Å². The first-order valence-corrected chi connectivity index (χ1v) is 10.5. The maximum Gasteiger partial charge on any atom is 0.303 e. The zero-order valence-corrected chi connectivity index (χ0v) is 18.6. The SMILES string of the molecule is COc1cc(OCCN(C)CCCC(=O)O)ccc1NC(=O)c1cccc(-c2ccn[nH]2)n1. The molecule has 1 amide bonds. The third-order valence-electron chi connectivity index (χ3n) is 4.85. The number of hydrogen-bond donors (Lipinski definition) is 3. The van der Waals surface area contributed by atoms with Gasteiger partial charge < -0.3 is 24.8 Å². The molecule has 3 aromatic rings. The number of benzene rings is 1. The van der Waals surface area contributed by atoms with Crippen molar-refractivity contribution >= 4 is 17.6 Å². The number of anilines is 1. The van der Waals surface area contributed by atoms with Crippen molar-refractivity contribution in [2.24, 2.45) is 0 Å². The lowest BCUT2D eigenvalue weighted by Gasteiger charge is -2.17. The second-order valence-corrected chi connectivity index (χ2v) is 7.34. The second kappa shape index (κ2) is 11.6. The summed E-state index contributed by atoms with van der Waals surface area (Å²) in [6, 6.07) is 12.1. The Morgan fingerprint density at radius 3 is 2.76 bits per heavy atom. The summed E-state index contributed by atoms with van der Waals surface area (Å²) in [6.07, 6.45) is 2.36. The molecule has 0 aliphatic heterocycles. The number of carboxylic acid groups (broad SMARTS) is 1. The molecular formula is C23H27N5O5. The van der Waals surface area contributed by atoms with Crippen LogP contribution in [-0.2, 0) is 4.79 Å². The average molecular weight is 453 g/mol. The van der Waals surface area contributed by atoms with Gasteiger partial charge in [-0.2, -0.15) is 5.10 Å². The van der Waals surface area contributed by atoms with Crippen LogP contribution in [0, 0.1) is 0 Å². The maximum atomic E-state index is 12.7. The number of aromatic amines is 1. The molecule has 33 heavy (non-hydrogen) atoms. The molecule has 0 bridgehead atoms. The molecule has 0 saturated heterocycles. The summed E-state index contributed by atoms with van der Waals surface area (Å²) in [5.74, 6) is -0.102. The van der Waals surface area contributed by atoms with Crippen LogP contribution in [0.5, 0.6) is 11.5 Å². The number of carbonyl (C=O) groups excluding carboxylic acids is 1. The van der Waals surface area contributed by atoms with Crippen molar-refractivity contribution in [2.75, 3.05) is 39.2 Å². The van der Waals surface area contributed by atoms with Crippen LogP contribution in [-0.4, -0.2) is 70.9 Å². The van der Waals surface area contributed by atoms with Gasteiger partial charge in [-0.15, -0.1) is 0 Å². The van der Waals surface area contributed by atoms with Gasteiger partial charge in [0.2, 0.25) is 0 Å². The molecule has 174 valence electrons. The van der Waals surface area contributed by atoms with Crippen LogP contribution in [0.4, 0.5) is 5.69 Å². The number of likely N-dealkylation sites (N-methyl/N-ethyl adjacent to an activating group) is 1. The number of amides is 1. The molecule has 0 atom stereocenters. The van der Waals surface area contributed by atoms with Gasteiger partial charge in [0.15, 0.2) is 0 Å². The standard InChI is InChI=1S/C23H27N5O5/c1-28(12-4-7-22(29)30)13-14-33-16-8-9-19(21(15-16)32-2)26-23(31)20-6-3-5-17(25-20)18-10-11-24-27-18/h3,5-6,8-11,15H,4,7,12-14H2,1-2H3,(H,24,27)(H,26,31)(H,29,30). The first-order chi connectivity index (χ1) is 16.0. The van der Waals surface area contributed by atoms with Crippen molar-refractivity contribution < 1.29 is 24.2 Å². The Morgan fingerprint density at radius 1 is 1.18 bits per heavy atom. The molecule has 0 radical (unpaired) electrons. The molecule has 3 N–H and O–H groups in total. The number of aromatic nitrogens is 3. The van der Waals surface area contributed by atoms with E-state index in [0.717, 1.165) is 5.69 Å². The predicted octanol–water partition coefficient (Wildman–Crippen LogP) is 2.91. The van der Waals surface area contributed by atoms with E-state index >= 15 is 0 Å². The monoisotopic (exact) mass is 453 g/mol. The Bertz CT molecular complexity index is 1070. The molecule has 10 heteroatoms. The molecular weight excluding hydrogens is 426 g/mol. The summed E-state index contributed by atoms with van der Waals surface area (Å²) in [4.78, 5) is 29.7. The van der Waals surface area contributed by atoms with Crippen LogP contribution < -0.4 is 14.8 Å². The molecule has 10 nitrogen and oxygen atoms in total. The van der Waals surface area contributed by atoms with E-state index < -0.39 is 5.97 Å². The minimum Gasteiger partial charge on any atom is -0.494 e. The number of hydrogen-bond acceptors (Lipinski definition) is 7. The Kier molecular flexibility index (Phi) is 8.36. The lowest BCUT2D eigenvalue weighted by Crippen LogP contribution is -2.25. The fraction of sp³-hybridized carbons (Fsp3) is 0.304. The Hall–Kier alpha value is -3.92. The maximum absolute atomic E-state index is 12.7. The summed E-state index contributed by atoms with van der Waals surface area (Å²) in [7, 11) is 3.43. The van der Waals surface area contributed by atoms with E-state index in [4.69, 9.17) is 14.6 Å². The summed E-state index contributed by atoms with van der Waals surface area (Å²) in [5.41, 5.74) is 2.09. The van der Waals surface area contributed by atoms with Gasteiger partial charge in [0, 0.05) is 25.2 Å². The number of pyridine rings is 1. The van der Waals surface area contributed by atoms with Gasteiger partial charge in [-0.05, 0) is 50.3 Å². The lowest BCUT2D eigenvalue weighted by molar-refractivity contribution is -0.137. The number of carboxylic acids is 1. The number of nitrogens with zero attached hydrogens (tertiary/aromatic N) is 3. The van der Waals surface area contributed by atoms with Crippen molar-refractivity contribution in [3.8, 4) is 22.9 Å². The van der Waals surface area contributed by atoms with E-state index in [1.54, 1.807) is 48.7 Å². The number of nitrogens with one attached hydrogen (secondary N) is 2. The van der Waals surface area contributed by atoms with Gasteiger partial charge in [0.1, 0.15) is 23.8 Å². The van der Waals surface area contributed by atoms with E-state index in [2.05, 4.69) is 20.5 Å². The highest BCUT2D eigenvalue weighted by molar-refractivity contribution is 6.04. The molecule has 2 heterocycles. The zero-order valence-electron chi connectivity index (χ0n) is 18.6. The molecule has 0 spiro atoms. The van der Waals surface area contributed by atoms with Crippen molar-refractivity contribution in [1.82, 2.24) is 20.1 Å². The van der Waals surface area contributed by atoms with Crippen LogP contribution in [0.25, 0.3) is 11.4 Å². The number of methoxy groups -OCH3 is 1. The van der Waals surface area contributed by atoms with Crippen molar-refractivity contribution in [2.45, 2.75) is 12.8 Å². The Labute approximate surface area is 191 Å². The summed E-state index contributed by atoms with van der Waals surface area (Å²) < 4.78 is 11.2. The first kappa shape index (κ1) is 23.7. The molecule has 0 fully saturated rings. The van der Waals surface area contributed by atoms with E-state index in [0.29, 0.717) is 49.0 Å². The highest BCUT2D eigenvalue weighted by Gasteiger charge is 2.13. The zero-order chi connectivity index (χ0) is 23.6.